The van der Waals surface area contributed by atoms with Gasteiger partial charge in [-0.05, 0) is 44.4 Å². The number of hydrogen-bond donors (Lipinski definition) is 1. The zero-order valence-electron chi connectivity index (χ0n) is 10.7. The highest BCUT2D eigenvalue weighted by atomic mass is 35.5. The lowest BCUT2D eigenvalue weighted by Crippen LogP contribution is -2.41. The Labute approximate surface area is 111 Å². The van der Waals surface area contributed by atoms with Gasteiger partial charge in [0.25, 0.3) is 0 Å². The number of fused-ring (bicyclic) bond motifs is 2. The van der Waals surface area contributed by atoms with Crippen LogP contribution in [-0.2, 0) is 4.74 Å². The molecule has 0 amide bonds. The molecule has 1 saturated carbocycles. The fourth-order valence-corrected chi connectivity index (χ4v) is 3.77. The van der Waals surface area contributed by atoms with E-state index in [1.165, 1.54) is 57.8 Å². The zero-order chi connectivity index (χ0) is 10.8. The van der Waals surface area contributed by atoms with Crippen molar-refractivity contribution in [1.82, 2.24) is 5.32 Å². The van der Waals surface area contributed by atoms with Crippen LogP contribution in [0.4, 0.5) is 0 Å². The third-order valence-electron chi connectivity index (χ3n) is 4.72. The normalized spacial score (nSPS) is 37.8. The maximum absolute atomic E-state index is 6.16. The topological polar surface area (TPSA) is 21.3 Å². The van der Waals surface area contributed by atoms with E-state index in [4.69, 9.17) is 4.74 Å². The molecule has 100 valence electrons. The summed E-state index contributed by atoms with van der Waals surface area (Å²) in [5, 5.41) is 3.68. The third kappa shape index (κ3) is 3.59. The molecule has 17 heavy (non-hydrogen) atoms. The maximum Gasteiger partial charge on any atom is 0.0604 e. The average molecular weight is 260 g/mol. The smallest absolute Gasteiger partial charge is 0.0604 e. The SMILES string of the molecule is C1CCC(COC2CC3CCC(C2)N3)CC1.Cl. The van der Waals surface area contributed by atoms with Gasteiger partial charge in [-0.15, -0.1) is 12.4 Å². The minimum Gasteiger partial charge on any atom is -0.378 e. The molecule has 2 atom stereocenters. The Bertz CT molecular complexity index is 218. The van der Waals surface area contributed by atoms with E-state index >= 15 is 0 Å². The monoisotopic (exact) mass is 259 g/mol. The summed E-state index contributed by atoms with van der Waals surface area (Å²) in [7, 11) is 0. The highest BCUT2D eigenvalue weighted by molar-refractivity contribution is 5.85. The van der Waals surface area contributed by atoms with Gasteiger partial charge in [-0.1, -0.05) is 19.3 Å². The van der Waals surface area contributed by atoms with Crippen molar-refractivity contribution in [3.05, 3.63) is 0 Å². The Morgan fingerprint density at radius 3 is 2.18 bits per heavy atom. The molecule has 2 unspecified atom stereocenters. The van der Waals surface area contributed by atoms with Crippen molar-refractivity contribution < 1.29 is 4.74 Å². The molecule has 3 heteroatoms. The van der Waals surface area contributed by atoms with E-state index in [2.05, 4.69) is 5.32 Å². The van der Waals surface area contributed by atoms with Crippen LogP contribution in [0.15, 0.2) is 0 Å². The first-order chi connectivity index (χ1) is 7.90. The highest BCUT2D eigenvalue weighted by Gasteiger charge is 2.34. The second-order valence-electron chi connectivity index (χ2n) is 6.07. The second-order valence-corrected chi connectivity index (χ2v) is 6.07. The standard InChI is InChI=1S/C14H25NO.ClH/c1-2-4-11(5-3-1)10-16-14-8-12-6-7-13(9-14)15-12;/h11-15H,1-10H2;1H. The Morgan fingerprint density at radius 1 is 0.882 bits per heavy atom. The number of nitrogens with one attached hydrogen (secondary N) is 1. The molecule has 0 aromatic rings. The molecule has 3 rings (SSSR count). The molecule has 0 aromatic carbocycles. The number of ether oxygens (including phenoxy) is 1. The van der Waals surface area contributed by atoms with Gasteiger partial charge in [0.05, 0.1) is 6.10 Å². The van der Waals surface area contributed by atoms with Crippen LogP contribution in [0, 0.1) is 5.92 Å². The Kier molecular flexibility index (Phi) is 5.13. The fraction of sp³-hybridized carbons (Fsp3) is 1.00. The summed E-state index contributed by atoms with van der Waals surface area (Å²) in [4.78, 5) is 0. The molecule has 2 heterocycles. The first kappa shape index (κ1) is 13.6. The third-order valence-corrected chi connectivity index (χ3v) is 4.72. The van der Waals surface area contributed by atoms with Gasteiger partial charge in [0.1, 0.15) is 0 Å². The Morgan fingerprint density at radius 2 is 1.53 bits per heavy atom. The molecular formula is C14H26ClNO. The van der Waals surface area contributed by atoms with E-state index in [0.717, 1.165) is 24.6 Å². The van der Waals surface area contributed by atoms with Crippen molar-refractivity contribution >= 4 is 12.4 Å². The van der Waals surface area contributed by atoms with Crippen LogP contribution in [-0.4, -0.2) is 24.8 Å². The predicted octanol–water partition coefficient (Wildman–Crippen LogP) is 3.29. The minimum absolute atomic E-state index is 0. The molecule has 1 N–H and O–H groups in total. The van der Waals surface area contributed by atoms with Gasteiger partial charge in [-0.2, -0.15) is 0 Å². The molecule has 0 spiro atoms. The molecule has 2 nitrogen and oxygen atoms in total. The quantitative estimate of drug-likeness (QED) is 0.840. The molecule has 2 bridgehead atoms. The van der Waals surface area contributed by atoms with Crippen LogP contribution in [0.1, 0.15) is 57.8 Å². The van der Waals surface area contributed by atoms with E-state index in [9.17, 15) is 0 Å². The Hall–Kier alpha value is 0.210. The number of halogens is 1. The van der Waals surface area contributed by atoms with Gasteiger partial charge in [0, 0.05) is 18.7 Å². The first-order valence-electron chi connectivity index (χ1n) is 7.28. The predicted molar refractivity (Wildman–Crippen MR) is 72.7 cm³/mol. The number of rotatable bonds is 3. The van der Waals surface area contributed by atoms with Crippen LogP contribution >= 0.6 is 12.4 Å². The lowest BCUT2D eigenvalue weighted by molar-refractivity contribution is -0.00514. The fourth-order valence-electron chi connectivity index (χ4n) is 3.77. The first-order valence-corrected chi connectivity index (χ1v) is 7.28. The van der Waals surface area contributed by atoms with Crippen LogP contribution < -0.4 is 5.32 Å². The molecular weight excluding hydrogens is 234 g/mol. The molecule has 3 aliphatic rings. The van der Waals surface area contributed by atoms with Gasteiger partial charge in [0.15, 0.2) is 0 Å². The molecule has 2 aliphatic heterocycles. The van der Waals surface area contributed by atoms with E-state index < -0.39 is 0 Å². The number of hydrogen-bond acceptors (Lipinski definition) is 2. The summed E-state index contributed by atoms with van der Waals surface area (Å²) in [6.45, 7) is 1.05. The minimum atomic E-state index is 0. The zero-order valence-corrected chi connectivity index (χ0v) is 11.5. The van der Waals surface area contributed by atoms with Gasteiger partial charge in [-0.25, -0.2) is 0 Å². The molecule has 3 fully saturated rings. The van der Waals surface area contributed by atoms with Crippen LogP contribution in [0.25, 0.3) is 0 Å². The van der Waals surface area contributed by atoms with Crippen molar-refractivity contribution in [1.29, 1.82) is 0 Å². The van der Waals surface area contributed by atoms with Crippen molar-refractivity contribution in [2.24, 2.45) is 5.92 Å². The van der Waals surface area contributed by atoms with E-state index in [1.807, 2.05) is 0 Å². The molecule has 0 aromatic heterocycles. The van der Waals surface area contributed by atoms with Gasteiger partial charge >= 0.3 is 0 Å². The summed E-state index contributed by atoms with van der Waals surface area (Å²) < 4.78 is 6.16. The van der Waals surface area contributed by atoms with E-state index in [0.29, 0.717) is 6.10 Å². The summed E-state index contributed by atoms with van der Waals surface area (Å²) in [6, 6.07) is 1.55. The summed E-state index contributed by atoms with van der Waals surface area (Å²) in [6.07, 6.45) is 13.0. The van der Waals surface area contributed by atoms with E-state index in [1.54, 1.807) is 0 Å². The molecule has 1 aliphatic carbocycles. The number of piperidine rings is 1. The Balaban J connectivity index is 0.00000108. The average Bonchev–Trinajstić information content (AvgIpc) is 2.67. The lowest BCUT2D eigenvalue weighted by atomic mass is 9.90. The van der Waals surface area contributed by atoms with Gasteiger partial charge in [-0.3, -0.25) is 0 Å². The van der Waals surface area contributed by atoms with Crippen LogP contribution in [0.2, 0.25) is 0 Å². The van der Waals surface area contributed by atoms with Crippen molar-refractivity contribution in [2.75, 3.05) is 6.61 Å². The van der Waals surface area contributed by atoms with Crippen LogP contribution in [0.3, 0.4) is 0 Å². The highest BCUT2D eigenvalue weighted by Crippen LogP contribution is 2.30. The summed E-state index contributed by atoms with van der Waals surface area (Å²) >= 11 is 0. The lowest BCUT2D eigenvalue weighted by Gasteiger charge is -2.31. The van der Waals surface area contributed by atoms with Crippen molar-refractivity contribution in [2.45, 2.75) is 76.0 Å². The molecule has 2 saturated heterocycles. The van der Waals surface area contributed by atoms with E-state index in [-0.39, 0.29) is 12.4 Å². The van der Waals surface area contributed by atoms with Crippen molar-refractivity contribution in [3.63, 3.8) is 0 Å². The van der Waals surface area contributed by atoms with Crippen LogP contribution in [0.5, 0.6) is 0 Å². The second kappa shape index (κ2) is 6.40. The molecule has 0 radical (unpaired) electrons. The van der Waals surface area contributed by atoms with Gasteiger partial charge in [0.2, 0.25) is 0 Å². The maximum atomic E-state index is 6.16. The van der Waals surface area contributed by atoms with Gasteiger partial charge < -0.3 is 10.1 Å². The van der Waals surface area contributed by atoms with Crippen molar-refractivity contribution in [3.8, 4) is 0 Å². The summed E-state index contributed by atoms with van der Waals surface area (Å²) in [5.41, 5.74) is 0. The summed E-state index contributed by atoms with van der Waals surface area (Å²) in [5.74, 6) is 0.876. The largest absolute Gasteiger partial charge is 0.378 e.